The van der Waals surface area contributed by atoms with Crippen LogP contribution < -0.4 is 14.8 Å². The molecule has 0 unspecified atom stereocenters. The van der Waals surface area contributed by atoms with Gasteiger partial charge in [-0.3, -0.25) is 0 Å². The van der Waals surface area contributed by atoms with Crippen LogP contribution in [0.4, 0.5) is 5.69 Å². The Hall–Kier alpha value is -1.62. The third kappa shape index (κ3) is 2.31. The van der Waals surface area contributed by atoms with Crippen molar-refractivity contribution < 1.29 is 13.9 Å². The van der Waals surface area contributed by atoms with Gasteiger partial charge in [0.1, 0.15) is 13.2 Å². The Bertz CT molecular complexity index is 539. The first-order valence-corrected chi connectivity index (χ1v) is 6.46. The average Bonchev–Trinajstić information content (AvgIpc) is 2.89. The topological polar surface area (TPSA) is 43.6 Å². The maximum atomic E-state index is 5.55. The number of nitrogens with one attached hydrogen (secondary N) is 1. The van der Waals surface area contributed by atoms with Gasteiger partial charge in [-0.05, 0) is 22.0 Å². The maximum absolute atomic E-state index is 5.55. The predicted octanol–water partition coefficient (Wildman–Crippen LogP) is 3.43. The summed E-state index contributed by atoms with van der Waals surface area (Å²) in [6.07, 6.45) is 3.38. The molecule has 1 aliphatic rings. The molecule has 0 radical (unpaired) electrons. The third-order valence-electron chi connectivity index (χ3n) is 2.69. The van der Waals surface area contributed by atoms with E-state index in [1.807, 2.05) is 18.2 Å². The fourth-order valence-corrected chi connectivity index (χ4v) is 2.25. The summed E-state index contributed by atoms with van der Waals surface area (Å²) < 4.78 is 17.0. The first-order valence-electron chi connectivity index (χ1n) is 5.67. The third-order valence-corrected chi connectivity index (χ3v) is 3.35. The van der Waals surface area contributed by atoms with Crippen molar-refractivity contribution in [3.05, 3.63) is 40.8 Å². The second-order valence-electron chi connectivity index (χ2n) is 3.96. The molecule has 3 rings (SSSR count). The number of hydrogen-bond acceptors (Lipinski definition) is 4. The van der Waals surface area contributed by atoms with E-state index >= 15 is 0 Å². The largest absolute Gasteiger partial charge is 0.486 e. The first-order chi connectivity index (χ1) is 8.83. The van der Waals surface area contributed by atoms with Crippen LogP contribution >= 0.6 is 15.9 Å². The van der Waals surface area contributed by atoms with Crippen molar-refractivity contribution >= 4 is 21.6 Å². The number of anilines is 1. The van der Waals surface area contributed by atoms with E-state index in [-0.39, 0.29) is 0 Å². The van der Waals surface area contributed by atoms with Gasteiger partial charge in [-0.1, -0.05) is 0 Å². The fourth-order valence-electron chi connectivity index (χ4n) is 1.79. The minimum atomic E-state index is 0.593. The smallest absolute Gasteiger partial charge is 0.163 e. The number of ether oxygens (including phenoxy) is 2. The van der Waals surface area contributed by atoms with Crippen molar-refractivity contribution in [1.82, 2.24) is 0 Å². The van der Waals surface area contributed by atoms with Gasteiger partial charge in [-0.15, -0.1) is 0 Å². The van der Waals surface area contributed by atoms with Crippen LogP contribution in [0.1, 0.15) is 5.56 Å². The summed E-state index contributed by atoms with van der Waals surface area (Å²) in [7, 11) is 0. The van der Waals surface area contributed by atoms with Crippen LogP contribution in [0.5, 0.6) is 11.5 Å². The molecule has 5 heteroatoms. The molecule has 2 heterocycles. The summed E-state index contributed by atoms with van der Waals surface area (Å²) in [6.45, 7) is 1.89. The molecule has 18 heavy (non-hydrogen) atoms. The highest BCUT2D eigenvalue weighted by molar-refractivity contribution is 9.10. The zero-order valence-corrected chi connectivity index (χ0v) is 11.2. The number of benzene rings is 1. The van der Waals surface area contributed by atoms with Crippen LogP contribution in [0, 0.1) is 0 Å². The van der Waals surface area contributed by atoms with Crippen molar-refractivity contribution in [1.29, 1.82) is 0 Å². The monoisotopic (exact) mass is 309 g/mol. The zero-order chi connectivity index (χ0) is 12.4. The summed E-state index contributed by atoms with van der Waals surface area (Å²) in [4.78, 5) is 0. The van der Waals surface area contributed by atoms with Crippen molar-refractivity contribution in [2.45, 2.75) is 6.54 Å². The SMILES string of the molecule is Brc1cc2c(cc1NCc1ccoc1)OCCO2. The molecule has 0 atom stereocenters. The van der Waals surface area contributed by atoms with E-state index < -0.39 is 0 Å². The Labute approximate surface area is 113 Å². The Balaban J connectivity index is 1.79. The van der Waals surface area contributed by atoms with Crippen LogP contribution in [0.2, 0.25) is 0 Å². The van der Waals surface area contributed by atoms with Gasteiger partial charge in [-0.2, -0.15) is 0 Å². The van der Waals surface area contributed by atoms with E-state index in [0.717, 1.165) is 27.2 Å². The number of furan rings is 1. The highest BCUT2D eigenvalue weighted by atomic mass is 79.9. The molecule has 0 amide bonds. The lowest BCUT2D eigenvalue weighted by atomic mass is 10.2. The van der Waals surface area contributed by atoms with Crippen LogP contribution in [-0.2, 0) is 6.54 Å². The summed E-state index contributed by atoms with van der Waals surface area (Å²) in [5, 5.41) is 3.32. The molecule has 94 valence electrons. The lowest BCUT2D eigenvalue weighted by Gasteiger charge is -2.20. The summed E-state index contributed by atoms with van der Waals surface area (Å²) in [5.74, 6) is 1.56. The molecular weight excluding hydrogens is 298 g/mol. The van der Waals surface area contributed by atoms with Gasteiger partial charge in [0.15, 0.2) is 11.5 Å². The lowest BCUT2D eigenvalue weighted by molar-refractivity contribution is 0.171. The highest BCUT2D eigenvalue weighted by Gasteiger charge is 2.14. The van der Waals surface area contributed by atoms with Crippen molar-refractivity contribution in [3.63, 3.8) is 0 Å². The van der Waals surface area contributed by atoms with E-state index in [1.54, 1.807) is 12.5 Å². The molecule has 0 saturated heterocycles. The molecular formula is C13H12BrNO3. The van der Waals surface area contributed by atoms with Gasteiger partial charge in [0, 0.05) is 28.7 Å². The summed E-state index contributed by atoms with van der Waals surface area (Å²) in [5.41, 5.74) is 2.07. The first kappa shape index (κ1) is 11.5. The number of halogens is 1. The molecule has 1 N–H and O–H groups in total. The Morgan fingerprint density at radius 3 is 2.67 bits per heavy atom. The molecule has 1 aromatic carbocycles. The second-order valence-corrected chi connectivity index (χ2v) is 4.82. The Morgan fingerprint density at radius 1 is 1.17 bits per heavy atom. The molecule has 0 fully saturated rings. The van der Waals surface area contributed by atoms with E-state index in [2.05, 4.69) is 21.2 Å². The predicted molar refractivity (Wildman–Crippen MR) is 71.2 cm³/mol. The van der Waals surface area contributed by atoms with E-state index in [9.17, 15) is 0 Å². The van der Waals surface area contributed by atoms with Gasteiger partial charge in [0.05, 0.1) is 18.2 Å². The Morgan fingerprint density at radius 2 is 1.94 bits per heavy atom. The molecule has 1 aliphatic heterocycles. The van der Waals surface area contributed by atoms with Gasteiger partial charge in [0.25, 0.3) is 0 Å². The van der Waals surface area contributed by atoms with Crippen molar-refractivity contribution in [3.8, 4) is 11.5 Å². The minimum Gasteiger partial charge on any atom is -0.486 e. The van der Waals surface area contributed by atoms with Crippen LogP contribution in [-0.4, -0.2) is 13.2 Å². The normalized spacial score (nSPS) is 13.4. The summed E-state index contributed by atoms with van der Waals surface area (Å²) in [6, 6.07) is 5.80. The molecule has 0 spiro atoms. The summed E-state index contributed by atoms with van der Waals surface area (Å²) >= 11 is 3.52. The van der Waals surface area contributed by atoms with Crippen molar-refractivity contribution in [2.75, 3.05) is 18.5 Å². The van der Waals surface area contributed by atoms with E-state index in [1.165, 1.54) is 0 Å². The highest BCUT2D eigenvalue weighted by Crippen LogP contribution is 2.38. The average molecular weight is 310 g/mol. The van der Waals surface area contributed by atoms with Crippen LogP contribution in [0.3, 0.4) is 0 Å². The van der Waals surface area contributed by atoms with Gasteiger partial charge < -0.3 is 19.2 Å². The Kier molecular flexibility index (Phi) is 3.15. The number of hydrogen-bond donors (Lipinski definition) is 1. The molecule has 0 aliphatic carbocycles. The van der Waals surface area contributed by atoms with Crippen LogP contribution in [0.25, 0.3) is 0 Å². The molecule has 4 nitrogen and oxygen atoms in total. The van der Waals surface area contributed by atoms with E-state index in [4.69, 9.17) is 13.9 Å². The second kappa shape index (κ2) is 4.94. The maximum Gasteiger partial charge on any atom is 0.163 e. The van der Waals surface area contributed by atoms with Crippen molar-refractivity contribution in [2.24, 2.45) is 0 Å². The van der Waals surface area contributed by atoms with Crippen LogP contribution in [0.15, 0.2) is 39.6 Å². The molecule has 1 aromatic heterocycles. The van der Waals surface area contributed by atoms with Gasteiger partial charge >= 0.3 is 0 Å². The number of fused-ring (bicyclic) bond motifs is 1. The number of rotatable bonds is 3. The molecule has 2 aromatic rings. The minimum absolute atomic E-state index is 0.593. The zero-order valence-electron chi connectivity index (χ0n) is 9.61. The lowest BCUT2D eigenvalue weighted by Crippen LogP contribution is -2.15. The molecule has 0 saturated carbocycles. The fraction of sp³-hybridized carbons (Fsp3) is 0.231. The van der Waals surface area contributed by atoms with Gasteiger partial charge in [-0.25, -0.2) is 0 Å². The van der Waals surface area contributed by atoms with Gasteiger partial charge in [0.2, 0.25) is 0 Å². The molecule has 0 bridgehead atoms. The quantitative estimate of drug-likeness (QED) is 0.943. The standard InChI is InChI=1S/C13H12BrNO3/c14-10-5-12-13(18-4-3-17-12)6-11(10)15-7-9-1-2-16-8-9/h1-2,5-6,8,15H,3-4,7H2. The van der Waals surface area contributed by atoms with E-state index in [0.29, 0.717) is 19.8 Å².